The van der Waals surface area contributed by atoms with Gasteiger partial charge in [-0.3, -0.25) is 4.79 Å². The van der Waals surface area contributed by atoms with Crippen LogP contribution in [0.15, 0.2) is 53.1 Å². The Hall–Kier alpha value is -2.79. The maximum Gasteiger partial charge on any atom is 0.232 e. The van der Waals surface area contributed by atoms with Gasteiger partial charge in [0, 0.05) is 16.1 Å². The molecule has 6 heteroatoms. The van der Waals surface area contributed by atoms with Gasteiger partial charge in [0.15, 0.2) is 23.9 Å². The number of halogens is 1. The van der Waals surface area contributed by atoms with Gasteiger partial charge in [0.05, 0.1) is 13.3 Å². The van der Waals surface area contributed by atoms with Crippen molar-refractivity contribution < 1.29 is 18.7 Å². The minimum absolute atomic E-state index is 0.143. The summed E-state index contributed by atoms with van der Waals surface area (Å²) in [4.78, 5) is 15.0. The molecule has 2 aromatic carbocycles. The van der Waals surface area contributed by atoms with E-state index in [2.05, 4.69) is 4.98 Å². The predicted octanol–water partition coefficient (Wildman–Crippen LogP) is 4.40. The molecule has 0 aliphatic rings. The van der Waals surface area contributed by atoms with Crippen molar-refractivity contribution in [1.82, 2.24) is 4.98 Å². The van der Waals surface area contributed by atoms with Gasteiger partial charge < -0.3 is 13.9 Å². The summed E-state index contributed by atoms with van der Waals surface area (Å²) in [7, 11) is 1.51. The van der Waals surface area contributed by atoms with Crippen LogP contribution in [-0.2, 0) is 6.61 Å². The second kappa shape index (κ2) is 7.19. The van der Waals surface area contributed by atoms with Crippen molar-refractivity contribution in [2.75, 3.05) is 7.11 Å². The largest absolute Gasteiger partial charge is 0.493 e. The van der Waals surface area contributed by atoms with Crippen LogP contribution in [0.2, 0.25) is 5.02 Å². The number of carbonyl (C=O) groups is 1. The van der Waals surface area contributed by atoms with Crippen LogP contribution >= 0.6 is 11.6 Å². The van der Waals surface area contributed by atoms with Crippen LogP contribution in [0.5, 0.6) is 11.5 Å². The van der Waals surface area contributed by atoms with E-state index in [4.69, 9.17) is 25.5 Å². The quantitative estimate of drug-likeness (QED) is 0.621. The summed E-state index contributed by atoms with van der Waals surface area (Å²) in [5.74, 6) is 2.05. The molecule has 0 aliphatic heterocycles. The summed E-state index contributed by atoms with van der Waals surface area (Å²) in [5, 5.41) is 0.660. The zero-order valence-corrected chi connectivity index (χ0v) is 13.6. The highest BCUT2D eigenvalue weighted by Gasteiger charge is 2.10. The van der Waals surface area contributed by atoms with Gasteiger partial charge in [-0.2, -0.15) is 0 Å². The van der Waals surface area contributed by atoms with Gasteiger partial charge in [-0.15, -0.1) is 0 Å². The molecule has 5 nitrogen and oxygen atoms in total. The number of hydrogen-bond donors (Lipinski definition) is 0. The first kappa shape index (κ1) is 16.1. The molecule has 122 valence electrons. The molecule has 0 radical (unpaired) electrons. The maximum absolute atomic E-state index is 10.8. The van der Waals surface area contributed by atoms with Crippen molar-refractivity contribution in [3.05, 3.63) is 65.1 Å². The molecular formula is C18H14ClNO4. The van der Waals surface area contributed by atoms with Crippen LogP contribution in [0.1, 0.15) is 16.2 Å². The summed E-state index contributed by atoms with van der Waals surface area (Å²) >= 11 is 5.87. The van der Waals surface area contributed by atoms with E-state index in [9.17, 15) is 4.79 Å². The lowest BCUT2D eigenvalue weighted by Crippen LogP contribution is -1.98. The molecule has 0 fully saturated rings. The second-order valence-electron chi connectivity index (χ2n) is 4.94. The van der Waals surface area contributed by atoms with Crippen molar-refractivity contribution in [2.45, 2.75) is 6.61 Å². The summed E-state index contributed by atoms with van der Waals surface area (Å²) in [5.41, 5.74) is 1.39. The molecular weight excluding hydrogens is 330 g/mol. The van der Waals surface area contributed by atoms with E-state index in [-0.39, 0.29) is 6.61 Å². The number of rotatable bonds is 6. The number of nitrogens with zero attached hydrogens (tertiary/aromatic N) is 1. The molecule has 24 heavy (non-hydrogen) atoms. The van der Waals surface area contributed by atoms with Gasteiger partial charge in [-0.25, -0.2) is 4.98 Å². The van der Waals surface area contributed by atoms with E-state index in [0.29, 0.717) is 33.7 Å². The number of methoxy groups -OCH3 is 1. The molecule has 0 atom stereocenters. The van der Waals surface area contributed by atoms with E-state index in [1.54, 1.807) is 36.5 Å². The van der Waals surface area contributed by atoms with Gasteiger partial charge in [-0.1, -0.05) is 11.6 Å². The fourth-order valence-corrected chi connectivity index (χ4v) is 2.27. The lowest BCUT2D eigenvalue weighted by Gasteiger charge is -2.09. The van der Waals surface area contributed by atoms with Crippen LogP contribution in [0.3, 0.4) is 0 Å². The molecule has 0 N–H and O–H groups in total. The van der Waals surface area contributed by atoms with Crippen molar-refractivity contribution in [1.29, 1.82) is 0 Å². The van der Waals surface area contributed by atoms with Crippen LogP contribution < -0.4 is 9.47 Å². The fourth-order valence-electron chi connectivity index (χ4n) is 2.14. The summed E-state index contributed by atoms with van der Waals surface area (Å²) in [6, 6.07) is 12.2. The number of aromatic nitrogens is 1. The molecule has 3 aromatic rings. The van der Waals surface area contributed by atoms with Crippen LogP contribution in [0.25, 0.3) is 11.3 Å². The zero-order valence-electron chi connectivity index (χ0n) is 12.9. The zero-order chi connectivity index (χ0) is 16.9. The summed E-state index contributed by atoms with van der Waals surface area (Å²) in [6.45, 7) is 0.143. The van der Waals surface area contributed by atoms with Crippen LogP contribution in [0, 0.1) is 0 Å². The van der Waals surface area contributed by atoms with Crippen molar-refractivity contribution in [3.63, 3.8) is 0 Å². The third-order valence-electron chi connectivity index (χ3n) is 3.36. The van der Waals surface area contributed by atoms with Gasteiger partial charge >= 0.3 is 0 Å². The third kappa shape index (κ3) is 3.58. The molecule has 0 bridgehead atoms. The molecule has 3 rings (SSSR count). The first-order valence-corrected chi connectivity index (χ1v) is 7.54. The Morgan fingerprint density at radius 3 is 2.67 bits per heavy atom. The number of aldehydes is 1. The SMILES string of the molecule is COc1cc(C=O)ccc1OCc1ncc(-c2ccc(Cl)cc2)o1. The highest BCUT2D eigenvalue weighted by atomic mass is 35.5. The molecule has 0 amide bonds. The standard InChI is InChI=1S/C18H14ClNO4/c1-22-16-8-12(10-21)2-7-15(16)23-11-18-20-9-17(24-18)13-3-5-14(19)6-4-13/h2-10H,11H2,1H3. The normalized spacial score (nSPS) is 10.4. The lowest BCUT2D eigenvalue weighted by molar-refractivity contribution is 0.112. The maximum atomic E-state index is 10.8. The van der Waals surface area contributed by atoms with Gasteiger partial charge in [-0.05, 0) is 42.5 Å². The highest BCUT2D eigenvalue weighted by molar-refractivity contribution is 6.30. The Morgan fingerprint density at radius 1 is 1.17 bits per heavy atom. The topological polar surface area (TPSA) is 61.6 Å². The minimum Gasteiger partial charge on any atom is -0.493 e. The number of benzene rings is 2. The fraction of sp³-hybridized carbons (Fsp3) is 0.111. The molecule has 0 aliphatic carbocycles. The van der Waals surface area contributed by atoms with E-state index in [1.807, 2.05) is 12.1 Å². The monoisotopic (exact) mass is 343 g/mol. The molecule has 1 aromatic heterocycles. The van der Waals surface area contributed by atoms with Crippen molar-refractivity contribution in [3.8, 4) is 22.8 Å². The van der Waals surface area contributed by atoms with Crippen molar-refractivity contribution in [2.24, 2.45) is 0 Å². The number of oxazole rings is 1. The molecule has 0 spiro atoms. The summed E-state index contributed by atoms with van der Waals surface area (Å²) in [6.07, 6.45) is 2.38. The molecule has 0 unspecified atom stereocenters. The first-order valence-electron chi connectivity index (χ1n) is 7.16. The number of carbonyl (C=O) groups excluding carboxylic acids is 1. The van der Waals surface area contributed by atoms with Gasteiger partial charge in [0.25, 0.3) is 0 Å². The second-order valence-corrected chi connectivity index (χ2v) is 5.38. The average molecular weight is 344 g/mol. The van der Waals surface area contributed by atoms with Crippen LogP contribution in [0.4, 0.5) is 0 Å². The lowest BCUT2D eigenvalue weighted by atomic mass is 10.2. The Balaban J connectivity index is 1.71. The van der Waals surface area contributed by atoms with E-state index >= 15 is 0 Å². The Kier molecular flexibility index (Phi) is 4.82. The van der Waals surface area contributed by atoms with Gasteiger partial charge in [0.1, 0.15) is 6.29 Å². The van der Waals surface area contributed by atoms with E-state index in [1.165, 1.54) is 7.11 Å². The highest BCUT2D eigenvalue weighted by Crippen LogP contribution is 2.29. The predicted molar refractivity (Wildman–Crippen MR) is 89.7 cm³/mol. The van der Waals surface area contributed by atoms with E-state index < -0.39 is 0 Å². The Bertz CT molecular complexity index is 842. The first-order chi connectivity index (χ1) is 11.7. The average Bonchev–Trinajstić information content (AvgIpc) is 3.09. The van der Waals surface area contributed by atoms with Crippen molar-refractivity contribution >= 4 is 17.9 Å². The minimum atomic E-state index is 0.143. The Labute approximate surface area is 143 Å². The smallest absolute Gasteiger partial charge is 0.232 e. The molecule has 1 heterocycles. The van der Waals surface area contributed by atoms with Crippen LogP contribution in [-0.4, -0.2) is 18.4 Å². The summed E-state index contributed by atoms with van der Waals surface area (Å²) < 4.78 is 16.6. The van der Waals surface area contributed by atoms with E-state index in [0.717, 1.165) is 11.8 Å². The third-order valence-corrected chi connectivity index (χ3v) is 3.61. The number of ether oxygens (including phenoxy) is 2. The van der Waals surface area contributed by atoms with Gasteiger partial charge in [0.2, 0.25) is 5.89 Å². The molecule has 0 saturated heterocycles. The molecule has 0 saturated carbocycles. The number of hydrogen-bond acceptors (Lipinski definition) is 5. The Morgan fingerprint density at radius 2 is 1.96 bits per heavy atom.